The molecular weight excluding hydrogens is 210 g/mol. The molecule has 17 heavy (non-hydrogen) atoms. The highest BCUT2D eigenvalue weighted by Gasteiger charge is 2.37. The van der Waals surface area contributed by atoms with E-state index in [0.717, 1.165) is 17.4 Å². The molecule has 3 nitrogen and oxygen atoms in total. The van der Waals surface area contributed by atoms with Crippen molar-refractivity contribution in [2.75, 3.05) is 18.4 Å². The van der Waals surface area contributed by atoms with Gasteiger partial charge < -0.3 is 5.32 Å². The normalized spacial score (nSPS) is 28.4. The van der Waals surface area contributed by atoms with Gasteiger partial charge >= 0.3 is 0 Å². The summed E-state index contributed by atoms with van der Waals surface area (Å²) in [5.41, 5.74) is 3.44. The Morgan fingerprint density at radius 3 is 2.94 bits per heavy atom. The number of aryl methyl sites for hydroxylation is 2. The number of hydrogen-bond acceptors (Lipinski definition) is 3. The second kappa shape index (κ2) is 4.30. The lowest BCUT2D eigenvalue weighted by Gasteiger charge is -2.23. The highest BCUT2D eigenvalue weighted by Crippen LogP contribution is 2.30. The quantitative estimate of drug-likeness (QED) is 0.847. The summed E-state index contributed by atoms with van der Waals surface area (Å²) in [6.07, 6.45) is 4.00. The number of aromatic nitrogens is 1. The maximum atomic E-state index is 4.53. The van der Waals surface area contributed by atoms with Gasteiger partial charge in [0.1, 0.15) is 0 Å². The topological polar surface area (TPSA) is 28.2 Å². The Kier molecular flexibility index (Phi) is 2.79. The van der Waals surface area contributed by atoms with Crippen LogP contribution in [0.3, 0.4) is 0 Å². The number of nitrogens with zero attached hydrogens (tertiary/aromatic N) is 2. The molecular formula is C14H21N3. The van der Waals surface area contributed by atoms with Gasteiger partial charge in [0.25, 0.3) is 0 Å². The van der Waals surface area contributed by atoms with E-state index in [4.69, 9.17) is 0 Å². The third-order valence-electron chi connectivity index (χ3n) is 4.17. The Labute approximate surface area is 103 Å². The minimum atomic E-state index is 0.626. The molecule has 1 N–H and O–H groups in total. The van der Waals surface area contributed by atoms with Crippen LogP contribution < -0.4 is 5.32 Å². The molecule has 1 aromatic rings. The predicted octanol–water partition coefficient (Wildman–Crippen LogP) is 2.35. The van der Waals surface area contributed by atoms with E-state index in [-0.39, 0.29) is 0 Å². The van der Waals surface area contributed by atoms with Crippen molar-refractivity contribution in [3.63, 3.8) is 0 Å². The SMILES string of the molecule is Cc1ccc(NC2CCN3CCCC23)c(C)n1. The number of anilines is 1. The Morgan fingerprint density at radius 1 is 1.24 bits per heavy atom. The summed E-state index contributed by atoms with van der Waals surface area (Å²) in [5.74, 6) is 0. The number of hydrogen-bond donors (Lipinski definition) is 1. The van der Waals surface area contributed by atoms with Gasteiger partial charge in [0.15, 0.2) is 0 Å². The second-order valence-corrected chi connectivity index (χ2v) is 5.37. The highest BCUT2D eigenvalue weighted by atomic mass is 15.2. The molecule has 2 atom stereocenters. The maximum Gasteiger partial charge on any atom is 0.0606 e. The molecule has 3 heteroatoms. The van der Waals surface area contributed by atoms with Crippen LogP contribution in [0.15, 0.2) is 12.1 Å². The molecule has 0 aliphatic carbocycles. The molecule has 0 spiro atoms. The lowest BCUT2D eigenvalue weighted by atomic mass is 10.1. The van der Waals surface area contributed by atoms with E-state index in [1.807, 2.05) is 6.92 Å². The number of pyridine rings is 1. The van der Waals surface area contributed by atoms with E-state index in [0.29, 0.717) is 6.04 Å². The molecule has 1 aromatic heterocycles. The van der Waals surface area contributed by atoms with Gasteiger partial charge in [-0.3, -0.25) is 9.88 Å². The zero-order chi connectivity index (χ0) is 11.8. The lowest BCUT2D eigenvalue weighted by Crippen LogP contribution is -2.34. The van der Waals surface area contributed by atoms with Gasteiger partial charge in [-0.25, -0.2) is 0 Å². The Morgan fingerprint density at radius 2 is 2.12 bits per heavy atom. The van der Waals surface area contributed by atoms with Gasteiger partial charge in [-0.2, -0.15) is 0 Å². The predicted molar refractivity (Wildman–Crippen MR) is 70.3 cm³/mol. The Hall–Kier alpha value is -1.09. The van der Waals surface area contributed by atoms with Gasteiger partial charge in [0, 0.05) is 24.3 Å². The zero-order valence-corrected chi connectivity index (χ0v) is 10.7. The molecule has 2 aliphatic heterocycles. The highest BCUT2D eigenvalue weighted by molar-refractivity contribution is 5.49. The van der Waals surface area contributed by atoms with E-state index >= 15 is 0 Å². The average Bonchev–Trinajstić information content (AvgIpc) is 2.86. The van der Waals surface area contributed by atoms with E-state index in [9.17, 15) is 0 Å². The summed E-state index contributed by atoms with van der Waals surface area (Å²) in [6.45, 7) is 6.70. The van der Waals surface area contributed by atoms with Gasteiger partial charge in [-0.05, 0) is 51.8 Å². The van der Waals surface area contributed by atoms with Crippen molar-refractivity contribution in [1.29, 1.82) is 0 Å². The first-order chi connectivity index (χ1) is 8.24. The summed E-state index contributed by atoms with van der Waals surface area (Å²) in [6, 6.07) is 5.66. The number of rotatable bonds is 2. The molecule has 0 saturated carbocycles. The van der Waals surface area contributed by atoms with Gasteiger partial charge in [0.05, 0.1) is 11.4 Å². The van der Waals surface area contributed by atoms with Crippen molar-refractivity contribution in [1.82, 2.24) is 9.88 Å². The summed E-state index contributed by atoms with van der Waals surface area (Å²) >= 11 is 0. The Bertz CT molecular complexity index is 416. The third kappa shape index (κ3) is 2.04. The van der Waals surface area contributed by atoms with Gasteiger partial charge in [0.2, 0.25) is 0 Å². The Balaban J connectivity index is 1.74. The van der Waals surface area contributed by atoms with Crippen molar-refractivity contribution in [3.05, 3.63) is 23.5 Å². The smallest absolute Gasteiger partial charge is 0.0606 e. The van der Waals surface area contributed by atoms with Crippen LogP contribution in [0.4, 0.5) is 5.69 Å². The molecule has 2 aliphatic rings. The van der Waals surface area contributed by atoms with E-state index in [1.54, 1.807) is 0 Å². The van der Waals surface area contributed by atoms with Crippen LogP contribution in [0.1, 0.15) is 30.7 Å². The molecule has 0 amide bonds. The lowest BCUT2D eigenvalue weighted by molar-refractivity contribution is 0.318. The van der Waals surface area contributed by atoms with E-state index in [1.165, 1.54) is 38.0 Å². The maximum absolute atomic E-state index is 4.53. The fourth-order valence-corrected chi connectivity index (χ4v) is 3.29. The fourth-order valence-electron chi connectivity index (χ4n) is 3.29. The van der Waals surface area contributed by atoms with Crippen LogP contribution in [0, 0.1) is 13.8 Å². The van der Waals surface area contributed by atoms with Crippen LogP contribution in [0.5, 0.6) is 0 Å². The molecule has 0 bridgehead atoms. The van der Waals surface area contributed by atoms with Crippen LogP contribution >= 0.6 is 0 Å². The van der Waals surface area contributed by atoms with Crippen LogP contribution in [-0.4, -0.2) is 35.1 Å². The van der Waals surface area contributed by atoms with Crippen molar-refractivity contribution < 1.29 is 0 Å². The van der Waals surface area contributed by atoms with Crippen LogP contribution in [0.2, 0.25) is 0 Å². The molecule has 0 aromatic carbocycles. The van der Waals surface area contributed by atoms with E-state index in [2.05, 4.69) is 34.3 Å². The first kappa shape index (κ1) is 11.0. The molecule has 2 saturated heterocycles. The van der Waals surface area contributed by atoms with Crippen molar-refractivity contribution in [2.24, 2.45) is 0 Å². The summed E-state index contributed by atoms with van der Waals surface area (Å²) < 4.78 is 0. The second-order valence-electron chi connectivity index (χ2n) is 5.37. The fraction of sp³-hybridized carbons (Fsp3) is 0.643. The molecule has 0 radical (unpaired) electrons. The number of fused-ring (bicyclic) bond motifs is 1. The van der Waals surface area contributed by atoms with Crippen molar-refractivity contribution >= 4 is 5.69 Å². The first-order valence-electron chi connectivity index (χ1n) is 6.69. The minimum Gasteiger partial charge on any atom is -0.379 e. The van der Waals surface area contributed by atoms with Crippen molar-refractivity contribution in [2.45, 2.75) is 45.2 Å². The minimum absolute atomic E-state index is 0.626. The third-order valence-corrected chi connectivity index (χ3v) is 4.17. The van der Waals surface area contributed by atoms with E-state index < -0.39 is 0 Å². The molecule has 3 rings (SSSR count). The summed E-state index contributed by atoms with van der Waals surface area (Å²) in [5, 5.41) is 3.70. The first-order valence-corrected chi connectivity index (χ1v) is 6.69. The van der Waals surface area contributed by atoms with Gasteiger partial charge in [-0.15, -0.1) is 0 Å². The standard InChI is InChI=1S/C14H21N3/c1-10-5-6-12(11(2)15-10)16-13-7-9-17-8-3-4-14(13)17/h5-6,13-14,16H,3-4,7-9H2,1-2H3. The largest absolute Gasteiger partial charge is 0.379 e. The average molecular weight is 231 g/mol. The van der Waals surface area contributed by atoms with Crippen LogP contribution in [-0.2, 0) is 0 Å². The zero-order valence-electron chi connectivity index (χ0n) is 10.7. The van der Waals surface area contributed by atoms with Gasteiger partial charge in [-0.1, -0.05) is 0 Å². The molecule has 2 fully saturated rings. The molecule has 92 valence electrons. The van der Waals surface area contributed by atoms with Crippen LogP contribution in [0.25, 0.3) is 0 Å². The number of nitrogens with one attached hydrogen (secondary N) is 1. The monoisotopic (exact) mass is 231 g/mol. The summed E-state index contributed by atoms with van der Waals surface area (Å²) in [4.78, 5) is 7.16. The van der Waals surface area contributed by atoms with Crippen molar-refractivity contribution in [3.8, 4) is 0 Å². The molecule has 3 heterocycles. The molecule has 2 unspecified atom stereocenters. The summed E-state index contributed by atoms with van der Waals surface area (Å²) in [7, 11) is 0.